The minimum atomic E-state index is -0.553. The largest absolute Gasteiger partial charge is 0.464 e. The summed E-state index contributed by atoms with van der Waals surface area (Å²) in [6, 6.07) is 4.66. The molecule has 0 bridgehead atoms. The van der Waals surface area contributed by atoms with Gasteiger partial charge in [0.05, 0.1) is 6.61 Å². The van der Waals surface area contributed by atoms with Gasteiger partial charge in [0.1, 0.15) is 6.04 Å². The Morgan fingerprint density at radius 3 is 3.00 bits per heavy atom. The Bertz CT molecular complexity index is 556. The first-order valence-electron chi connectivity index (χ1n) is 6.59. The van der Waals surface area contributed by atoms with E-state index in [1.54, 1.807) is 25.1 Å². The predicted molar refractivity (Wildman–Crippen MR) is 69.7 cm³/mol. The van der Waals surface area contributed by atoms with Crippen molar-refractivity contribution in [2.24, 2.45) is 0 Å². The van der Waals surface area contributed by atoms with Crippen LogP contribution in [0, 0.1) is 0 Å². The first-order valence-corrected chi connectivity index (χ1v) is 6.59. The third-order valence-corrected chi connectivity index (χ3v) is 3.41. The molecule has 0 saturated carbocycles. The van der Waals surface area contributed by atoms with Crippen molar-refractivity contribution in [1.29, 1.82) is 0 Å². The van der Waals surface area contributed by atoms with Crippen LogP contribution < -0.4 is 14.4 Å². The van der Waals surface area contributed by atoms with Crippen molar-refractivity contribution in [2.75, 3.05) is 18.3 Å². The zero-order valence-corrected chi connectivity index (χ0v) is 11.1. The summed E-state index contributed by atoms with van der Waals surface area (Å²) in [5.41, 5.74) is 0.634. The topological polar surface area (TPSA) is 65.1 Å². The summed E-state index contributed by atoms with van der Waals surface area (Å²) in [5, 5.41) is 0. The maximum absolute atomic E-state index is 12.0. The number of benzene rings is 1. The number of hydrogen-bond acceptors (Lipinski definition) is 5. The number of anilines is 1. The van der Waals surface area contributed by atoms with Gasteiger partial charge in [-0.05, 0) is 25.5 Å². The maximum Gasteiger partial charge on any atom is 0.329 e. The molecule has 2 aliphatic heterocycles. The molecule has 20 heavy (non-hydrogen) atoms. The maximum atomic E-state index is 12.0. The van der Waals surface area contributed by atoms with Crippen LogP contribution in [0.4, 0.5) is 5.69 Å². The fraction of sp³-hybridized carbons (Fsp3) is 0.429. The van der Waals surface area contributed by atoms with Crippen LogP contribution in [-0.4, -0.2) is 31.3 Å². The van der Waals surface area contributed by atoms with Gasteiger partial charge in [0, 0.05) is 18.2 Å². The van der Waals surface area contributed by atoms with E-state index in [4.69, 9.17) is 14.2 Å². The average Bonchev–Trinajstić information content (AvgIpc) is 3.04. The van der Waals surface area contributed by atoms with Crippen LogP contribution in [-0.2, 0) is 14.3 Å². The van der Waals surface area contributed by atoms with Gasteiger partial charge < -0.3 is 14.2 Å². The molecule has 1 saturated heterocycles. The Balaban J connectivity index is 1.90. The van der Waals surface area contributed by atoms with Gasteiger partial charge in [-0.2, -0.15) is 0 Å². The second-order valence-electron chi connectivity index (χ2n) is 4.61. The number of esters is 1. The quantitative estimate of drug-likeness (QED) is 0.783. The van der Waals surface area contributed by atoms with Crippen LogP contribution in [0.25, 0.3) is 0 Å². The van der Waals surface area contributed by atoms with Crippen molar-refractivity contribution in [3.05, 3.63) is 18.2 Å². The van der Waals surface area contributed by atoms with E-state index in [0.29, 0.717) is 36.6 Å². The molecule has 1 amide bonds. The predicted octanol–water partition coefficient (Wildman–Crippen LogP) is 1.47. The molecule has 0 spiro atoms. The number of ether oxygens (including phenoxy) is 3. The molecule has 0 N–H and O–H groups in total. The smallest absolute Gasteiger partial charge is 0.329 e. The Morgan fingerprint density at radius 1 is 1.40 bits per heavy atom. The summed E-state index contributed by atoms with van der Waals surface area (Å²) in [4.78, 5) is 25.5. The number of amides is 1. The molecule has 3 rings (SSSR count). The Morgan fingerprint density at radius 2 is 2.20 bits per heavy atom. The number of nitrogens with zero attached hydrogens (tertiary/aromatic N) is 1. The molecule has 1 atom stereocenters. The third-order valence-electron chi connectivity index (χ3n) is 3.41. The number of carbonyl (C=O) groups is 2. The van der Waals surface area contributed by atoms with Crippen LogP contribution in [0.15, 0.2) is 18.2 Å². The molecule has 0 aliphatic carbocycles. The highest BCUT2D eigenvalue weighted by atomic mass is 16.7. The minimum absolute atomic E-state index is 0.0816. The molecule has 2 heterocycles. The van der Waals surface area contributed by atoms with Gasteiger partial charge in [-0.15, -0.1) is 0 Å². The summed E-state index contributed by atoms with van der Waals surface area (Å²) in [7, 11) is 0. The van der Waals surface area contributed by atoms with E-state index in [0.717, 1.165) is 0 Å². The molecule has 1 aromatic carbocycles. The van der Waals surface area contributed by atoms with Crippen LogP contribution in [0.1, 0.15) is 19.8 Å². The lowest BCUT2D eigenvalue weighted by molar-refractivity contribution is -0.144. The van der Waals surface area contributed by atoms with Crippen LogP contribution in [0.3, 0.4) is 0 Å². The lowest BCUT2D eigenvalue weighted by Crippen LogP contribution is -2.39. The van der Waals surface area contributed by atoms with E-state index in [1.165, 1.54) is 4.90 Å². The van der Waals surface area contributed by atoms with Crippen molar-refractivity contribution in [1.82, 2.24) is 0 Å². The molecule has 1 unspecified atom stereocenters. The first-order chi connectivity index (χ1) is 9.70. The summed E-state index contributed by atoms with van der Waals surface area (Å²) < 4.78 is 15.6. The summed E-state index contributed by atoms with van der Waals surface area (Å²) in [5.74, 6) is 0.788. The summed E-state index contributed by atoms with van der Waals surface area (Å²) in [6.45, 7) is 2.23. The van der Waals surface area contributed by atoms with E-state index in [-0.39, 0.29) is 18.7 Å². The molecule has 0 radical (unpaired) electrons. The van der Waals surface area contributed by atoms with Crippen molar-refractivity contribution >= 4 is 17.6 Å². The standard InChI is InChI=1S/C14H15NO5/c1-2-18-14(17)10-4-6-13(16)15(10)9-3-5-11-12(7-9)20-8-19-11/h3,5,7,10H,2,4,6,8H2,1H3. The summed E-state index contributed by atoms with van der Waals surface area (Å²) >= 11 is 0. The zero-order valence-electron chi connectivity index (χ0n) is 11.1. The molecule has 2 aliphatic rings. The number of rotatable bonds is 3. The fourth-order valence-electron chi connectivity index (χ4n) is 2.50. The van der Waals surface area contributed by atoms with Crippen molar-refractivity contribution < 1.29 is 23.8 Å². The van der Waals surface area contributed by atoms with Gasteiger partial charge in [-0.3, -0.25) is 9.69 Å². The van der Waals surface area contributed by atoms with Crippen LogP contribution in [0.2, 0.25) is 0 Å². The Kier molecular flexibility index (Phi) is 3.22. The zero-order chi connectivity index (χ0) is 14.1. The van der Waals surface area contributed by atoms with E-state index >= 15 is 0 Å². The number of fused-ring (bicyclic) bond motifs is 1. The van der Waals surface area contributed by atoms with E-state index in [2.05, 4.69) is 0 Å². The molecule has 6 nitrogen and oxygen atoms in total. The normalized spacial score (nSPS) is 20.4. The van der Waals surface area contributed by atoms with Gasteiger partial charge in [-0.25, -0.2) is 4.79 Å². The molecular weight excluding hydrogens is 262 g/mol. The third kappa shape index (κ3) is 2.07. The molecule has 1 aromatic rings. The minimum Gasteiger partial charge on any atom is -0.464 e. The fourth-order valence-corrected chi connectivity index (χ4v) is 2.50. The van der Waals surface area contributed by atoms with Gasteiger partial charge in [0.25, 0.3) is 0 Å². The van der Waals surface area contributed by atoms with Gasteiger partial charge in [-0.1, -0.05) is 0 Å². The number of carbonyl (C=O) groups excluding carboxylic acids is 2. The Labute approximate surface area is 116 Å². The van der Waals surface area contributed by atoms with E-state index in [9.17, 15) is 9.59 Å². The average molecular weight is 277 g/mol. The lowest BCUT2D eigenvalue weighted by atomic mass is 10.2. The van der Waals surface area contributed by atoms with Gasteiger partial charge >= 0.3 is 5.97 Å². The van der Waals surface area contributed by atoms with Crippen LogP contribution >= 0.6 is 0 Å². The summed E-state index contributed by atoms with van der Waals surface area (Å²) in [6.07, 6.45) is 0.823. The second kappa shape index (κ2) is 5.03. The highest BCUT2D eigenvalue weighted by molar-refractivity contribution is 6.02. The molecule has 1 fully saturated rings. The monoisotopic (exact) mass is 277 g/mol. The second-order valence-corrected chi connectivity index (χ2v) is 4.61. The molecule has 0 aromatic heterocycles. The molecule has 106 valence electrons. The highest BCUT2D eigenvalue weighted by Crippen LogP contribution is 2.37. The van der Waals surface area contributed by atoms with Crippen molar-refractivity contribution in [2.45, 2.75) is 25.8 Å². The molecular formula is C14H15NO5. The van der Waals surface area contributed by atoms with E-state index in [1.807, 2.05) is 0 Å². The Hall–Kier alpha value is -2.24. The van der Waals surface area contributed by atoms with Crippen molar-refractivity contribution in [3.63, 3.8) is 0 Å². The first kappa shape index (κ1) is 12.8. The lowest BCUT2D eigenvalue weighted by Gasteiger charge is -2.23. The SMILES string of the molecule is CCOC(=O)C1CCC(=O)N1c1ccc2c(c1)OCO2. The van der Waals surface area contributed by atoms with E-state index < -0.39 is 6.04 Å². The van der Waals surface area contributed by atoms with Gasteiger partial charge in [0.15, 0.2) is 11.5 Å². The van der Waals surface area contributed by atoms with Crippen LogP contribution in [0.5, 0.6) is 11.5 Å². The molecule has 6 heteroatoms. The number of hydrogen-bond donors (Lipinski definition) is 0. The highest BCUT2D eigenvalue weighted by Gasteiger charge is 2.38. The van der Waals surface area contributed by atoms with Gasteiger partial charge in [0.2, 0.25) is 12.7 Å². The van der Waals surface area contributed by atoms with Crippen molar-refractivity contribution in [3.8, 4) is 11.5 Å².